The van der Waals surface area contributed by atoms with E-state index >= 15 is 0 Å². The van der Waals surface area contributed by atoms with Crippen LogP contribution in [0.2, 0.25) is 0 Å². The lowest BCUT2D eigenvalue weighted by Crippen LogP contribution is -2.14. The Morgan fingerprint density at radius 3 is 2.69 bits per heavy atom. The summed E-state index contributed by atoms with van der Waals surface area (Å²) in [7, 11) is 1.92. The summed E-state index contributed by atoms with van der Waals surface area (Å²) in [6, 6.07) is 10.5. The molecule has 0 amide bonds. The number of rotatable bonds is 7. The lowest BCUT2D eigenvalue weighted by molar-refractivity contribution is 0.776. The average Bonchev–Trinajstić information content (AvgIpc) is 3.25. The lowest BCUT2D eigenvalue weighted by atomic mass is 10.0. The van der Waals surface area contributed by atoms with Crippen LogP contribution < -0.4 is 10.6 Å². The summed E-state index contributed by atoms with van der Waals surface area (Å²) in [5.74, 6) is 3.47. The van der Waals surface area contributed by atoms with Gasteiger partial charge in [0.25, 0.3) is 0 Å². The van der Waals surface area contributed by atoms with E-state index in [1.165, 1.54) is 12.0 Å². The number of fused-ring (bicyclic) bond motifs is 1. The van der Waals surface area contributed by atoms with Crippen molar-refractivity contribution in [3.8, 4) is 0 Å². The van der Waals surface area contributed by atoms with Crippen LogP contribution in [0.25, 0.3) is 11.0 Å². The van der Waals surface area contributed by atoms with Crippen LogP contribution in [-0.4, -0.2) is 32.8 Å². The molecule has 0 radical (unpaired) electrons. The molecule has 1 saturated carbocycles. The monoisotopic (exact) mass is 350 g/mol. The van der Waals surface area contributed by atoms with Gasteiger partial charge < -0.3 is 10.6 Å². The van der Waals surface area contributed by atoms with Crippen molar-refractivity contribution in [1.29, 1.82) is 0 Å². The van der Waals surface area contributed by atoms with Gasteiger partial charge in [-0.3, -0.25) is 4.68 Å². The minimum Gasteiger partial charge on any atom is -0.369 e. The average molecular weight is 350 g/mol. The highest BCUT2D eigenvalue weighted by atomic mass is 15.3. The van der Waals surface area contributed by atoms with Gasteiger partial charge in [-0.05, 0) is 29.7 Å². The smallest absolute Gasteiger partial charge is 0.226 e. The van der Waals surface area contributed by atoms with Crippen molar-refractivity contribution in [2.75, 3.05) is 23.7 Å². The van der Waals surface area contributed by atoms with Crippen LogP contribution in [-0.2, 0) is 7.05 Å². The largest absolute Gasteiger partial charge is 0.369 e. The molecule has 3 unspecified atom stereocenters. The summed E-state index contributed by atoms with van der Waals surface area (Å²) in [5.41, 5.74) is 2.16. The number of hydrogen-bond donors (Lipinski definition) is 2. The molecule has 0 saturated heterocycles. The number of aromatic nitrogens is 4. The molecule has 136 valence electrons. The van der Waals surface area contributed by atoms with E-state index in [2.05, 4.69) is 58.8 Å². The summed E-state index contributed by atoms with van der Waals surface area (Å²) >= 11 is 0. The molecule has 1 aromatic carbocycles. The highest BCUT2D eigenvalue weighted by Gasteiger charge is 2.32. The van der Waals surface area contributed by atoms with Gasteiger partial charge in [0.1, 0.15) is 5.82 Å². The Morgan fingerprint density at radius 1 is 1.19 bits per heavy atom. The van der Waals surface area contributed by atoms with Crippen molar-refractivity contribution in [3.63, 3.8) is 0 Å². The van der Waals surface area contributed by atoms with Crippen LogP contribution in [0.15, 0.2) is 36.5 Å². The summed E-state index contributed by atoms with van der Waals surface area (Å²) in [5, 5.41) is 12.2. The highest BCUT2D eigenvalue weighted by molar-refractivity contribution is 5.87. The first kappa shape index (κ1) is 16.8. The molecule has 2 heterocycles. The van der Waals surface area contributed by atoms with E-state index in [1.54, 1.807) is 4.68 Å². The standard InChI is InChI=1S/C20H26N6/c1-13-9-16(13)11-21-18-17-12-23-26(3)19(17)25-20(24-18)22-10-14(2)15-7-5-4-6-8-15/h4-8,12-14,16H,9-11H2,1-3H3,(H2,21,22,24,25). The zero-order valence-electron chi connectivity index (χ0n) is 15.6. The first-order valence-corrected chi connectivity index (χ1v) is 9.34. The van der Waals surface area contributed by atoms with Gasteiger partial charge in [0.2, 0.25) is 5.95 Å². The van der Waals surface area contributed by atoms with E-state index in [9.17, 15) is 0 Å². The molecular formula is C20H26N6. The topological polar surface area (TPSA) is 67.7 Å². The van der Waals surface area contributed by atoms with Crippen LogP contribution in [0.3, 0.4) is 0 Å². The van der Waals surface area contributed by atoms with Crippen LogP contribution in [0.1, 0.15) is 31.7 Å². The molecule has 1 aliphatic carbocycles. The van der Waals surface area contributed by atoms with E-state index in [0.29, 0.717) is 11.9 Å². The van der Waals surface area contributed by atoms with Gasteiger partial charge in [-0.15, -0.1) is 0 Å². The van der Waals surface area contributed by atoms with Gasteiger partial charge in [-0.2, -0.15) is 15.1 Å². The Kier molecular flexibility index (Phi) is 4.49. The molecule has 0 spiro atoms. The fourth-order valence-corrected chi connectivity index (χ4v) is 3.29. The third kappa shape index (κ3) is 3.49. The maximum Gasteiger partial charge on any atom is 0.226 e. The van der Waals surface area contributed by atoms with Gasteiger partial charge >= 0.3 is 0 Å². The van der Waals surface area contributed by atoms with Crippen LogP contribution in [0.5, 0.6) is 0 Å². The maximum absolute atomic E-state index is 4.72. The number of hydrogen-bond acceptors (Lipinski definition) is 5. The quantitative estimate of drug-likeness (QED) is 0.681. The predicted octanol–water partition coefficient (Wildman–Crippen LogP) is 3.65. The first-order valence-electron chi connectivity index (χ1n) is 9.34. The first-order chi connectivity index (χ1) is 12.6. The molecule has 26 heavy (non-hydrogen) atoms. The van der Waals surface area contributed by atoms with Crippen LogP contribution >= 0.6 is 0 Å². The van der Waals surface area contributed by atoms with Crippen molar-refractivity contribution in [2.24, 2.45) is 18.9 Å². The second-order valence-corrected chi connectivity index (χ2v) is 7.45. The minimum absolute atomic E-state index is 0.380. The molecule has 1 fully saturated rings. The predicted molar refractivity (Wildman–Crippen MR) is 105 cm³/mol. The van der Waals surface area contributed by atoms with Crippen molar-refractivity contribution < 1.29 is 0 Å². The number of benzene rings is 1. The third-order valence-electron chi connectivity index (χ3n) is 5.33. The number of anilines is 2. The Morgan fingerprint density at radius 2 is 1.96 bits per heavy atom. The summed E-state index contributed by atoms with van der Waals surface area (Å²) in [4.78, 5) is 9.37. The normalized spacial score (nSPS) is 20.1. The molecule has 3 atom stereocenters. The number of aryl methyl sites for hydroxylation is 1. The van der Waals surface area contributed by atoms with Crippen molar-refractivity contribution >= 4 is 22.8 Å². The van der Waals surface area contributed by atoms with Gasteiger partial charge in [0, 0.05) is 20.1 Å². The van der Waals surface area contributed by atoms with Crippen LogP contribution in [0, 0.1) is 11.8 Å². The SMILES string of the molecule is CC(CNc1nc(NCC2CC2C)c2cnn(C)c2n1)c1ccccc1. The Hall–Kier alpha value is -2.63. The van der Waals surface area contributed by atoms with Crippen molar-refractivity contribution in [3.05, 3.63) is 42.1 Å². The van der Waals surface area contributed by atoms with E-state index in [0.717, 1.165) is 41.8 Å². The molecule has 1 aliphatic rings. The number of nitrogens with one attached hydrogen (secondary N) is 2. The fraction of sp³-hybridized carbons (Fsp3) is 0.450. The van der Waals surface area contributed by atoms with E-state index in [1.807, 2.05) is 19.3 Å². The highest BCUT2D eigenvalue weighted by Crippen LogP contribution is 2.37. The maximum atomic E-state index is 4.72. The van der Waals surface area contributed by atoms with E-state index in [-0.39, 0.29) is 0 Å². The second kappa shape index (κ2) is 6.94. The fourth-order valence-electron chi connectivity index (χ4n) is 3.29. The Balaban J connectivity index is 1.51. The van der Waals surface area contributed by atoms with E-state index < -0.39 is 0 Å². The van der Waals surface area contributed by atoms with Gasteiger partial charge in [-0.1, -0.05) is 44.2 Å². The zero-order chi connectivity index (χ0) is 18.1. The van der Waals surface area contributed by atoms with Gasteiger partial charge in [0.15, 0.2) is 5.65 Å². The van der Waals surface area contributed by atoms with Gasteiger partial charge in [-0.25, -0.2) is 0 Å². The van der Waals surface area contributed by atoms with Crippen molar-refractivity contribution in [2.45, 2.75) is 26.2 Å². The molecule has 6 heteroatoms. The molecule has 0 bridgehead atoms. The Bertz CT molecular complexity index is 888. The molecular weight excluding hydrogens is 324 g/mol. The molecule has 6 nitrogen and oxygen atoms in total. The summed E-state index contributed by atoms with van der Waals surface area (Å²) in [6.07, 6.45) is 3.14. The van der Waals surface area contributed by atoms with Crippen LogP contribution in [0.4, 0.5) is 11.8 Å². The molecule has 2 aromatic heterocycles. The second-order valence-electron chi connectivity index (χ2n) is 7.45. The third-order valence-corrected chi connectivity index (χ3v) is 5.33. The van der Waals surface area contributed by atoms with E-state index in [4.69, 9.17) is 4.98 Å². The molecule has 4 rings (SSSR count). The van der Waals surface area contributed by atoms with Gasteiger partial charge in [0.05, 0.1) is 11.6 Å². The number of nitrogens with zero attached hydrogens (tertiary/aromatic N) is 4. The van der Waals surface area contributed by atoms with Crippen molar-refractivity contribution in [1.82, 2.24) is 19.7 Å². The zero-order valence-corrected chi connectivity index (χ0v) is 15.6. The summed E-state index contributed by atoms with van der Waals surface area (Å²) in [6.45, 7) is 6.25. The molecule has 0 aliphatic heterocycles. The lowest BCUT2D eigenvalue weighted by Gasteiger charge is -2.14. The molecule has 3 aromatic rings. The minimum atomic E-state index is 0.380. The Labute approximate surface area is 154 Å². The summed E-state index contributed by atoms with van der Waals surface area (Å²) < 4.78 is 1.80. The molecule has 2 N–H and O–H groups in total.